The van der Waals surface area contributed by atoms with Gasteiger partial charge in [-0.05, 0) is 18.6 Å². The highest BCUT2D eigenvalue weighted by Crippen LogP contribution is 2.26. The molecule has 1 unspecified atom stereocenters. The zero-order valence-corrected chi connectivity index (χ0v) is 11.8. The van der Waals surface area contributed by atoms with Gasteiger partial charge in [0, 0.05) is 24.9 Å². The van der Waals surface area contributed by atoms with Crippen molar-refractivity contribution >= 4 is 22.8 Å². The van der Waals surface area contributed by atoms with Crippen molar-refractivity contribution in [3.05, 3.63) is 18.2 Å². The molecule has 18 heavy (non-hydrogen) atoms. The fraction of sp³-hybridized carbons (Fsp3) is 0.462. The molecule has 0 aliphatic rings. The maximum absolute atomic E-state index is 5.93. The van der Waals surface area contributed by atoms with Gasteiger partial charge in [0.1, 0.15) is 5.75 Å². The molecule has 0 amide bonds. The second-order valence-corrected chi connectivity index (χ2v) is 5.27. The molecule has 1 heterocycles. The second-order valence-electron chi connectivity index (χ2n) is 4.29. The summed E-state index contributed by atoms with van der Waals surface area (Å²) in [5, 5.41) is 1.00. The number of rotatable bonds is 5. The molecule has 1 atom stereocenters. The molecule has 0 bridgehead atoms. The molecule has 0 fully saturated rings. The molecule has 0 saturated carbocycles. The number of methoxy groups -OCH3 is 1. The number of aromatic nitrogens is 2. The van der Waals surface area contributed by atoms with Gasteiger partial charge < -0.3 is 15.0 Å². The monoisotopic (exact) mass is 265 g/mol. The number of hydrogen-bond donors (Lipinski definition) is 1. The van der Waals surface area contributed by atoms with Crippen LogP contribution in [-0.2, 0) is 7.05 Å². The summed E-state index contributed by atoms with van der Waals surface area (Å²) in [5.74, 6) is 1.73. The first kappa shape index (κ1) is 13.2. The maximum atomic E-state index is 5.93. The Hall–Kier alpha value is -1.20. The summed E-state index contributed by atoms with van der Waals surface area (Å²) >= 11 is 1.70. The van der Waals surface area contributed by atoms with Crippen molar-refractivity contribution in [2.45, 2.75) is 24.5 Å². The minimum absolute atomic E-state index is 0.226. The van der Waals surface area contributed by atoms with Crippen molar-refractivity contribution in [2.24, 2.45) is 12.8 Å². The van der Waals surface area contributed by atoms with Crippen LogP contribution in [0.1, 0.15) is 13.3 Å². The number of ether oxygens (including phenoxy) is 1. The molecule has 4 nitrogen and oxygen atoms in total. The Morgan fingerprint density at radius 3 is 2.94 bits per heavy atom. The zero-order valence-electron chi connectivity index (χ0n) is 11.0. The minimum Gasteiger partial charge on any atom is -0.497 e. The van der Waals surface area contributed by atoms with Gasteiger partial charge in [-0.2, -0.15) is 0 Å². The molecular weight excluding hydrogens is 246 g/mol. The highest BCUT2D eigenvalue weighted by atomic mass is 32.2. The first-order valence-corrected chi connectivity index (χ1v) is 7.03. The average Bonchev–Trinajstić information content (AvgIpc) is 2.72. The van der Waals surface area contributed by atoms with Crippen molar-refractivity contribution in [1.82, 2.24) is 9.55 Å². The van der Waals surface area contributed by atoms with Crippen LogP contribution in [0.2, 0.25) is 0 Å². The molecule has 1 aromatic carbocycles. The largest absolute Gasteiger partial charge is 0.497 e. The minimum atomic E-state index is 0.226. The summed E-state index contributed by atoms with van der Waals surface area (Å²) in [5.41, 5.74) is 8.01. The molecule has 0 saturated heterocycles. The summed E-state index contributed by atoms with van der Waals surface area (Å²) < 4.78 is 7.31. The summed E-state index contributed by atoms with van der Waals surface area (Å²) in [6, 6.07) is 6.17. The number of fused-ring (bicyclic) bond motifs is 1. The Balaban J connectivity index is 2.26. The van der Waals surface area contributed by atoms with E-state index in [4.69, 9.17) is 10.5 Å². The fourth-order valence-electron chi connectivity index (χ4n) is 1.71. The van der Waals surface area contributed by atoms with Gasteiger partial charge in [0.15, 0.2) is 5.16 Å². The fourth-order valence-corrected chi connectivity index (χ4v) is 2.77. The van der Waals surface area contributed by atoms with Crippen LogP contribution in [0, 0.1) is 0 Å². The molecular formula is C13H19N3OS. The summed E-state index contributed by atoms with van der Waals surface area (Å²) in [7, 11) is 3.70. The predicted molar refractivity (Wildman–Crippen MR) is 76.3 cm³/mol. The molecule has 0 radical (unpaired) electrons. The van der Waals surface area contributed by atoms with Crippen LogP contribution in [0.3, 0.4) is 0 Å². The summed E-state index contributed by atoms with van der Waals surface area (Å²) in [6.45, 7) is 2.10. The average molecular weight is 265 g/mol. The summed E-state index contributed by atoms with van der Waals surface area (Å²) in [6.07, 6.45) is 0.991. The third-order valence-electron chi connectivity index (χ3n) is 3.00. The van der Waals surface area contributed by atoms with Crippen LogP contribution in [0.15, 0.2) is 23.4 Å². The van der Waals surface area contributed by atoms with Crippen molar-refractivity contribution in [3.8, 4) is 5.75 Å². The molecule has 1 aromatic heterocycles. The van der Waals surface area contributed by atoms with E-state index in [0.29, 0.717) is 0 Å². The first-order valence-electron chi connectivity index (χ1n) is 6.04. The number of hydrogen-bond acceptors (Lipinski definition) is 4. The lowest BCUT2D eigenvalue weighted by Gasteiger charge is -2.07. The van der Waals surface area contributed by atoms with Gasteiger partial charge in [0.2, 0.25) is 0 Å². The molecule has 98 valence electrons. The Morgan fingerprint density at radius 2 is 2.28 bits per heavy atom. The first-order chi connectivity index (χ1) is 8.65. The number of imidazole rings is 1. The standard InChI is InChI=1S/C13H19N3OS/c1-4-9(14)8-18-13-15-11-7-10(17-3)5-6-12(11)16(13)2/h5-7,9H,4,8,14H2,1-3H3. The van der Waals surface area contributed by atoms with Gasteiger partial charge in [-0.1, -0.05) is 18.7 Å². The lowest BCUT2D eigenvalue weighted by Crippen LogP contribution is -2.21. The molecule has 0 aliphatic heterocycles. The van der Waals surface area contributed by atoms with Crippen LogP contribution in [0.5, 0.6) is 5.75 Å². The Morgan fingerprint density at radius 1 is 1.50 bits per heavy atom. The molecule has 2 N–H and O–H groups in total. The lowest BCUT2D eigenvalue weighted by atomic mass is 10.3. The number of aryl methyl sites for hydroxylation is 1. The normalized spacial score (nSPS) is 12.9. The zero-order chi connectivity index (χ0) is 13.1. The van der Waals surface area contributed by atoms with Crippen molar-refractivity contribution in [3.63, 3.8) is 0 Å². The molecule has 2 aromatic rings. The van der Waals surface area contributed by atoms with Gasteiger partial charge in [-0.15, -0.1) is 0 Å². The van der Waals surface area contributed by atoms with Crippen molar-refractivity contribution in [2.75, 3.05) is 12.9 Å². The summed E-state index contributed by atoms with van der Waals surface area (Å²) in [4.78, 5) is 4.62. The van der Waals surface area contributed by atoms with E-state index in [2.05, 4.69) is 16.5 Å². The van der Waals surface area contributed by atoms with E-state index < -0.39 is 0 Å². The van der Waals surface area contributed by atoms with E-state index >= 15 is 0 Å². The number of benzene rings is 1. The highest BCUT2D eigenvalue weighted by Gasteiger charge is 2.10. The van der Waals surface area contributed by atoms with Crippen LogP contribution in [0.4, 0.5) is 0 Å². The molecule has 5 heteroatoms. The second kappa shape index (κ2) is 5.63. The Labute approximate surface area is 112 Å². The number of nitrogens with zero attached hydrogens (tertiary/aromatic N) is 2. The lowest BCUT2D eigenvalue weighted by molar-refractivity contribution is 0.415. The third kappa shape index (κ3) is 2.62. The smallest absolute Gasteiger partial charge is 0.168 e. The van der Waals surface area contributed by atoms with Gasteiger partial charge in [0.05, 0.1) is 18.1 Å². The van der Waals surface area contributed by atoms with E-state index in [-0.39, 0.29) is 6.04 Å². The Kier molecular flexibility index (Phi) is 4.14. The molecule has 0 spiro atoms. The molecule has 2 rings (SSSR count). The SMILES string of the molecule is CCC(N)CSc1nc2cc(OC)ccc2n1C. The van der Waals surface area contributed by atoms with Crippen molar-refractivity contribution < 1.29 is 4.74 Å². The third-order valence-corrected chi connectivity index (χ3v) is 4.22. The van der Waals surface area contributed by atoms with E-state index in [9.17, 15) is 0 Å². The van der Waals surface area contributed by atoms with E-state index in [0.717, 1.165) is 34.1 Å². The van der Waals surface area contributed by atoms with E-state index in [1.807, 2.05) is 25.2 Å². The van der Waals surface area contributed by atoms with Gasteiger partial charge >= 0.3 is 0 Å². The quantitative estimate of drug-likeness (QED) is 0.844. The maximum Gasteiger partial charge on any atom is 0.168 e. The van der Waals surface area contributed by atoms with Crippen molar-refractivity contribution in [1.29, 1.82) is 0 Å². The predicted octanol–water partition coefficient (Wildman–Crippen LogP) is 2.41. The van der Waals surface area contributed by atoms with Gasteiger partial charge in [-0.25, -0.2) is 4.98 Å². The highest BCUT2D eigenvalue weighted by molar-refractivity contribution is 7.99. The number of thioether (sulfide) groups is 1. The van der Waals surface area contributed by atoms with E-state index in [1.54, 1.807) is 18.9 Å². The van der Waals surface area contributed by atoms with Gasteiger partial charge in [0.25, 0.3) is 0 Å². The Bertz CT molecular complexity index is 538. The van der Waals surface area contributed by atoms with Gasteiger partial charge in [-0.3, -0.25) is 0 Å². The van der Waals surface area contributed by atoms with Crippen LogP contribution in [0.25, 0.3) is 11.0 Å². The topological polar surface area (TPSA) is 53.1 Å². The van der Waals surface area contributed by atoms with Crippen LogP contribution in [-0.4, -0.2) is 28.5 Å². The van der Waals surface area contributed by atoms with Crippen LogP contribution < -0.4 is 10.5 Å². The van der Waals surface area contributed by atoms with E-state index in [1.165, 1.54) is 0 Å². The molecule has 0 aliphatic carbocycles. The van der Waals surface area contributed by atoms with Crippen LogP contribution >= 0.6 is 11.8 Å². The number of nitrogens with two attached hydrogens (primary N) is 1.